The Kier molecular flexibility index (Phi) is 5.21. The van der Waals surface area contributed by atoms with E-state index in [0.717, 1.165) is 25.9 Å². The fourth-order valence-electron chi connectivity index (χ4n) is 2.10. The Balaban J connectivity index is 2.53. The molecule has 0 saturated carbocycles. The first-order valence-electron chi connectivity index (χ1n) is 6.00. The number of hydrogen-bond acceptors (Lipinski definition) is 4. The minimum absolute atomic E-state index is 0.186. The Morgan fingerprint density at radius 1 is 1.31 bits per heavy atom. The second-order valence-corrected chi connectivity index (χ2v) is 7.44. The van der Waals surface area contributed by atoms with E-state index in [1.807, 2.05) is 25.9 Å². The lowest BCUT2D eigenvalue weighted by atomic mass is 9.95. The van der Waals surface area contributed by atoms with Crippen molar-refractivity contribution in [2.75, 3.05) is 39.5 Å². The summed E-state index contributed by atoms with van der Waals surface area (Å²) in [4.78, 5) is 1.92. The van der Waals surface area contributed by atoms with Gasteiger partial charge in [-0.15, -0.1) is 0 Å². The highest BCUT2D eigenvalue weighted by Gasteiger charge is 2.29. The Morgan fingerprint density at radius 2 is 1.88 bits per heavy atom. The van der Waals surface area contributed by atoms with Crippen LogP contribution in [0.5, 0.6) is 0 Å². The minimum Gasteiger partial charge on any atom is -0.317 e. The number of piperidine rings is 1. The molecule has 1 N–H and O–H groups in total. The fraction of sp³-hybridized carbons (Fsp3) is 1.00. The average molecular weight is 248 g/mol. The van der Waals surface area contributed by atoms with E-state index < -0.39 is 9.84 Å². The topological polar surface area (TPSA) is 49.4 Å². The first-order chi connectivity index (χ1) is 7.43. The zero-order valence-electron chi connectivity index (χ0n) is 10.6. The minimum atomic E-state index is -2.92. The highest BCUT2D eigenvalue weighted by molar-refractivity contribution is 7.92. The molecular formula is C11H24N2O2S. The summed E-state index contributed by atoms with van der Waals surface area (Å²) in [5.41, 5.74) is 0. The summed E-state index contributed by atoms with van der Waals surface area (Å²) in [5, 5.41) is 3.08. The second kappa shape index (κ2) is 5.98. The molecule has 1 atom stereocenters. The molecule has 0 spiro atoms. The van der Waals surface area contributed by atoms with Gasteiger partial charge in [0.1, 0.15) is 0 Å². The largest absolute Gasteiger partial charge is 0.317 e. The van der Waals surface area contributed by atoms with Crippen LogP contribution in [-0.4, -0.2) is 58.1 Å². The van der Waals surface area contributed by atoms with E-state index in [4.69, 9.17) is 0 Å². The standard InChI is InChI=1S/C11H24N2O2S/c1-10(11-4-6-12-7-5-11)16(14,15)9-8-13(2)3/h10-12H,4-9H2,1-3H3. The van der Waals surface area contributed by atoms with Gasteiger partial charge in [-0.25, -0.2) is 8.42 Å². The first-order valence-corrected chi connectivity index (χ1v) is 7.72. The van der Waals surface area contributed by atoms with Crippen molar-refractivity contribution >= 4 is 9.84 Å². The Morgan fingerprint density at radius 3 is 2.38 bits per heavy atom. The van der Waals surface area contributed by atoms with Crippen LogP contribution in [-0.2, 0) is 9.84 Å². The van der Waals surface area contributed by atoms with Crippen molar-refractivity contribution in [1.82, 2.24) is 10.2 Å². The summed E-state index contributed by atoms with van der Waals surface area (Å²) in [6.07, 6.45) is 1.98. The first kappa shape index (κ1) is 13.9. The van der Waals surface area contributed by atoms with Gasteiger partial charge in [0.2, 0.25) is 0 Å². The van der Waals surface area contributed by atoms with Crippen LogP contribution in [0, 0.1) is 5.92 Å². The third-order valence-corrected chi connectivity index (χ3v) is 5.71. The molecule has 0 aromatic heterocycles. The predicted molar refractivity (Wildman–Crippen MR) is 67.4 cm³/mol. The number of rotatable bonds is 5. The molecule has 1 unspecified atom stereocenters. The summed E-state index contributed by atoms with van der Waals surface area (Å²) in [6, 6.07) is 0. The summed E-state index contributed by atoms with van der Waals surface area (Å²) in [6.45, 7) is 4.41. The smallest absolute Gasteiger partial charge is 0.154 e. The molecule has 4 nitrogen and oxygen atoms in total. The van der Waals surface area contributed by atoms with Crippen LogP contribution in [0.3, 0.4) is 0 Å². The van der Waals surface area contributed by atoms with Crippen molar-refractivity contribution in [2.45, 2.75) is 25.0 Å². The summed E-state index contributed by atoms with van der Waals surface area (Å²) in [7, 11) is 0.890. The third-order valence-electron chi connectivity index (χ3n) is 3.44. The van der Waals surface area contributed by atoms with Crippen molar-refractivity contribution in [3.8, 4) is 0 Å². The van der Waals surface area contributed by atoms with Gasteiger partial charge in [0, 0.05) is 6.54 Å². The molecule has 0 radical (unpaired) electrons. The number of nitrogens with one attached hydrogen (secondary N) is 1. The van der Waals surface area contributed by atoms with E-state index in [2.05, 4.69) is 5.32 Å². The monoisotopic (exact) mass is 248 g/mol. The zero-order chi connectivity index (χ0) is 12.2. The molecule has 1 aliphatic heterocycles. The molecule has 1 aliphatic rings. The van der Waals surface area contributed by atoms with Crippen molar-refractivity contribution in [3.63, 3.8) is 0 Å². The van der Waals surface area contributed by atoms with Crippen molar-refractivity contribution in [2.24, 2.45) is 5.92 Å². The molecule has 1 heterocycles. The van der Waals surface area contributed by atoms with Crippen LogP contribution in [0.25, 0.3) is 0 Å². The molecule has 5 heteroatoms. The van der Waals surface area contributed by atoms with E-state index in [-0.39, 0.29) is 11.0 Å². The van der Waals surface area contributed by atoms with E-state index in [1.165, 1.54) is 0 Å². The second-order valence-electron chi connectivity index (χ2n) is 4.96. The molecule has 0 amide bonds. The van der Waals surface area contributed by atoms with E-state index in [9.17, 15) is 8.42 Å². The van der Waals surface area contributed by atoms with Crippen molar-refractivity contribution in [3.05, 3.63) is 0 Å². The summed E-state index contributed by atoms with van der Waals surface area (Å²) < 4.78 is 24.2. The van der Waals surface area contributed by atoms with Gasteiger partial charge in [-0.3, -0.25) is 0 Å². The maximum absolute atomic E-state index is 12.1. The number of nitrogens with zero attached hydrogens (tertiary/aromatic N) is 1. The molecule has 0 bridgehead atoms. The fourth-order valence-corrected chi connectivity index (χ4v) is 3.95. The zero-order valence-corrected chi connectivity index (χ0v) is 11.4. The molecule has 1 saturated heterocycles. The van der Waals surface area contributed by atoms with E-state index in [0.29, 0.717) is 12.5 Å². The Labute approximate surface area is 99.3 Å². The lowest BCUT2D eigenvalue weighted by Crippen LogP contribution is -2.38. The van der Waals surface area contributed by atoms with Gasteiger partial charge in [-0.1, -0.05) is 0 Å². The summed E-state index contributed by atoms with van der Waals surface area (Å²) in [5.74, 6) is 0.624. The molecule has 0 aliphatic carbocycles. The number of sulfone groups is 1. The lowest BCUT2D eigenvalue weighted by Gasteiger charge is -2.28. The molecular weight excluding hydrogens is 224 g/mol. The molecule has 96 valence electrons. The van der Waals surface area contributed by atoms with Gasteiger partial charge in [-0.05, 0) is 52.9 Å². The maximum Gasteiger partial charge on any atom is 0.154 e. The summed E-state index contributed by atoms with van der Waals surface area (Å²) >= 11 is 0. The molecule has 0 aromatic carbocycles. The Hall–Kier alpha value is -0.130. The number of hydrogen-bond donors (Lipinski definition) is 1. The molecule has 1 fully saturated rings. The third kappa shape index (κ3) is 4.03. The van der Waals surface area contributed by atoms with Crippen LogP contribution in [0.4, 0.5) is 0 Å². The maximum atomic E-state index is 12.1. The Bertz CT molecular complexity index is 295. The molecule has 16 heavy (non-hydrogen) atoms. The normalized spacial score (nSPS) is 21.2. The predicted octanol–water partition coefficient (Wildman–Crippen LogP) is 0.351. The highest BCUT2D eigenvalue weighted by atomic mass is 32.2. The quantitative estimate of drug-likeness (QED) is 0.763. The van der Waals surface area contributed by atoms with Crippen molar-refractivity contribution in [1.29, 1.82) is 0 Å². The van der Waals surface area contributed by atoms with E-state index in [1.54, 1.807) is 0 Å². The highest BCUT2D eigenvalue weighted by Crippen LogP contribution is 2.22. The van der Waals surface area contributed by atoms with Gasteiger partial charge in [-0.2, -0.15) is 0 Å². The van der Waals surface area contributed by atoms with Crippen LogP contribution in [0.15, 0.2) is 0 Å². The van der Waals surface area contributed by atoms with Gasteiger partial charge in [0.25, 0.3) is 0 Å². The SMILES string of the molecule is CC(C1CCNCC1)S(=O)(=O)CCN(C)C. The average Bonchev–Trinajstić information content (AvgIpc) is 2.27. The van der Waals surface area contributed by atoms with Gasteiger partial charge in [0.05, 0.1) is 11.0 Å². The van der Waals surface area contributed by atoms with Crippen molar-refractivity contribution < 1.29 is 8.42 Å². The van der Waals surface area contributed by atoms with Crippen LogP contribution in [0.1, 0.15) is 19.8 Å². The van der Waals surface area contributed by atoms with Gasteiger partial charge < -0.3 is 10.2 Å². The van der Waals surface area contributed by atoms with E-state index >= 15 is 0 Å². The molecule has 1 rings (SSSR count). The van der Waals surface area contributed by atoms with Crippen LogP contribution in [0.2, 0.25) is 0 Å². The lowest BCUT2D eigenvalue weighted by molar-refractivity contribution is 0.361. The van der Waals surface area contributed by atoms with Crippen LogP contribution < -0.4 is 5.32 Å². The molecule has 0 aromatic rings. The van der Waals surface area contributed by atoms with Crippen LogP contribution >= 0.6 is 0 Å². The van der Waals surface area contributed by atoms with Gasteiger partial charge >= 0.3 is 0 Å². The van der Waals surface area contributed by atoms with Gasteiger partial charge in [0.15, 0.2) is 9.84 Å².